The summed E-state index contributed by atoms with van der Waals surface area (Å²) in [5.74, 6) is 0.246. The van der Waals surface area contributed by atoms with Gasteiger partial charge in [0.25, 0.3) is 0 Å². The molecule has 1 heterocycles. The van der Waals surface area contributed by atoms with E-state index in [9.17, 15) is 14.6 Å². The third-order valence-corrected chi connectivity index (χ3v) is 3.10. The van der Waals surface area contributed by atoms with E-state index < -0.39 is 18.7 Å². The van der Waals surface area contributed by atoms with Gasteiger partial charge in [-0.25, -0.2) is 9.78 Å². The van der Waals surface area contributed by atoms with Gasteiger partial charge in [0.2, 0.25) is 0 Å². The molecule has 23 heavy (non-hydrogen) atoms. The van der Waals surface area contributed by atoms with E-state index in [4.69, 9.17) is 4.74 Å². The van der Waals surface area contributed by atoms with Crippen molar-refractivity contribution < 1.29 is 19.3 Å². The lowest BCUT2D eigenvalue weighted by molar-refractivity contribution is 0.0602. The SMILES string of the molecule is CB(O)N(C(=O)OC(C)(C)C)c1nccc2ccc(C=O)cc12. The minimum atomic E-state index is -1.14. The lowest BCUT2D eigenvalue weighted by atomic mass is 9.85. The Morgan fingerprint density at radius 3 is 2.61 bits per heavy atom. The molecule has 0 radical (unpaired) electrons. The van der Waals surface area contributed by atoms with E-state index in [0.29, 0.717) is 10.9 Å². The van der Waals surface area contributed by atoms with Crippen molar-refractivity contribution in [2.75, 3.05) is 4.81 Å². The Morgan fingerprint density at radius 2 is 2.04 bits per heavy atom. The molecule has 1 aromatic carbocycles. The van der Waals surface area contributed by atoms with E-state index in [1.54, 1.807) is 45.0 Å². The Labute approximate surface area is 135 Å². The van der Waals surface area contributed by atoms with E-state index in [0.717, 1.165) is 16.5 Å². The summed E-state index contributed by atoms with van der Waals surface area (Å²) in [6, 6.07) is 6.84. The Hall–Kier alpha value is -2.41. The Kier molecular flexibility index (Phi) is 4.70. The van der Waals surface area contributed by atoms with E-state index in [-0.39, 0.29) is 5.82 Å². The number of hydrogen-bond acceptors (Lipinski definition) is 5. The van der Waals surface area contributed by atoms with Gasteiger partial charge in [-0.2, -0.15) is 0 Å². The quantitative estimate of drug-likeness (QED) is 0.696. The zero-order chi connectivity index (χ0) is 17.2. The van der Waals surface area contributed by atoms with Crippen molar-refractivity contribution in [3.63, 3.8) is 0 Å². The molecule has 0 bridgehead atoms. The highest BCUT2D eigenvalue weighted by molar-refractivity contribution is 6.59. The molecule has 0 fully saturated rings. The number of pyridine rings is 1. The number of fused-ring (bicyclic) bond motifs is 1. The molecule has 1 aromatic heterocycles. The first kappa shape index (κ1) is 17.0. The van der Waals surface area contributed by atoms with Crippen LogP contribution < -0.4 is 4.81 Å². The van der Waals surface area contributed by atoms with Crippen molar-refractivity contribution in [2.24, 2.45) is 0 Å². The summed E-state index contributed by atoms with van der Waals surface area (Å²) in [5, 5.41) is 11.4. The van der Waals surface area contributed by atoms with Crippen LogP contribution in [-0.2, 0) is 4.74 Å². The molecule has 0 aliphatic carbocycles. The van der Waals surface area contributed by atoms with Gasteiger partial charge in [-0.15, -0.1) is 0 Å². The summed E-state index contributed by atoms with van der Waals surface area (Å²) >= 11 is 0. The molecule has 0 aliphatic rings. The predicted octanol–water partition coefficient (Wildman–Crippen LogP) is 2.90. The number of hydrogen-bond donors (Lipinski definition) is 1. The molecular formula is C16H19BN2O4. The summed E-state index contributed by atoms with van der Waals surface area (Å²) in [7, 11) is -1.14. The van der Waals surface area contributed by atoms with Gasteiger partial charge in [0.15, 0.2) is 0 Å². The van der Waals surface area contributed by atoms with Crippen LogP contribution in [-0.4, -0.2) is 35.0 Å². The Morgan fingerprint density at radius 1 is 1.35 bits per heavy atom. The third kappa shape index (κ3) is 3.87. The molecule has 0 atom stereocenters. The zero-order valence-corrected chi connectivity index (χ0v) is 13.6. The largest absolute Gasteiger partial charge is 0.444 e. The van der Waals surface area contributed by atoms with Gasteiger partial charge >= 0.3 is 13.1 Å². The van der Waals surface area contributed by atoms with Crippen molar-refractivity contribution in [3.8, 4) is 0 Å². The highest BCUT2D eigenvalue weighted by atomic mass is 16.6. The summed E-state index contributed by atoms with van der Waals surface area (Å²) in [6.45, 7) is 6.68. The summed E-state index contributed by atoms with van der Waals surface area (Å²) in [4.78, 5) is 28.7. The number of aldehydes is 1. The number of nitrogens with zero attached hydrogens (tertiary/aromatic N) is 2. The maximum absolute atomic E-state index is 12.4. The Balaban J connectivity index is 2.57. The number of anilines is 1. The van der Waals surface area contributed by atoms with Crippen LogP contribution in [0.15, 0.2) is 30.5 Å². The molecule has 1 N–H and O–H groups in total. The van der Waals surface area contributed by atoms with Crippen molar-refractivity contribution in [3.05, 3.63) is 36.0 Å². The second kappa shape index (κ2) is 6.38. The predicted molar refractivity (Wildman–Crippen MR) is 89.7 cm³/mol. The maximum Gasteiger partial charge on any atom is 0.420 e. The monoisotopic (exact) mass is 314 g/mol. The second-order valence-electron chi connectivity index (χ2n) is 6.22. The minimum Gasteiger partial charge on any atom is -0.444 e. The van der Waals surface area contributed by atoms with E-state index in [1.807, 2.05) is 0 Å². The first-order valence-electron chi connectivity index (χ1n) is 7.27. The first-order valence-corrected chi connectivity index (χ1v) is 7.27. The molecule has 2 aromatic rings. The lowest BCUT2D eigenvalue weighted by Crippen LogP contribution is -2.45. The fourth-order valence-electron chi connectivity index (χ4n) is 2.16. The smallest absolute Gasteiger partial charge is 0.420 e. The standard InChI is InChI=1S/C16H19BN2O4/c1-16(2,3)23-15(21)19(17(4)22)14-13-9-11(10-20)5-6-12(13)7-8-18-14/h5-10,22H,1-4H3. The molecule has 7 heteroatoms. The summed E-state index contributed by atoms with van der Waals surface area (Å²) in [5.41, 5.74) is -0.246. The molecule has 0 saturated heterocycles. The minimum absolute atomic E-state index is 0.246. The van der Waals surface area contributed by atoms with Gasteiger partial charge in [-0.05, 0) is 45.1 Å². The van der Waals surface area contributed by atoms with E-state index in [1.165, 1.54) is 13.0 Å². The molecular weight excluding hydrogens is 295 g/mol. The molecule has 1 amide bonds. The van der Waals surface area contributed by atoms with Crippen LogP contribution in [0.2, 0.25) is 6.82 Å². The van der Waals surface area contributed by atoms with Crippen molar-refractivity contribution >= 4 is 36.0 Å². The number of rotatable bonds is 3. The van der Waals surface area contributed by atoms with Crippen LogP contribution in [0.4, 0.5) is 10.6 Å². The number of carbonyl (C=O) groups is 2. The molecule has 6 nitrogen and oxygen atoms in total. The van der Waals surface area contributed by atoms with Gasteiger partial charge in [0.1, 0.15) is 17.7 Å². The highest BCUT2D eigenvalue weighted by Crippen LogP contribution is 2.27. The van der Waals surface area contributed by atoms with Crippen LogP contribution >= 0.6 is 0 Å². The lowest BCUT2D eigenvalue weighted by Gasteiger charge is -2.28. The second-order valence-corrected chi connectivity index (χ2v) is 6.22. The zero-order valence-electron chi connectivity index (χ0n) is 13.6. The summed E-state index contributed by atoms with van der Waals surface area (Å²) in [6.07, 6.45) is 1.55. The van der Waals surface area contributed by atoms with Gasteiger partial charge in [0, 0.05) is 17.1 Å². The molecule has 0 aliphatic heterocycles. The van der Waals surface area contributed by atoms with Gasteiger partial charge in [-0.1, -0.05) is 12.1 Å². The van der Waals surface area contributed by atoms with E-state index >= 15 is 0 Å². The van der Waals surface area contributed by atoms with Crippen molar-refractivity contribution in [1.29, 1.82) is 0 Å². The van der Waals surface area contributed by atoms with Gasteiger partial charge < -0.3 is 9.76 Å². The number of amides is 1. The molecule has 0 saturated carbocycles. The fourth-order valence-corrected chi connectivity index (χ4v) is 2.16. The summed E-state index contributed by atoms with van der Waals surface area (Å²) < 4.78 is 5.34. The number of aromatic nitrogens is 1. The molecule has 0 spiro atoms. The van der Waals surface area contributed by atoms with Crippen LogP contribution in [0.5, 0.6) is 0 Å². The van der Waals surface area contributed by atoms with Crippen molar-refractivity contribution in [1.82, 2.24) is 4.98 Å². The molecule has 0 unspecified atom stereocenters. The highest BCUT2D eigenvalue weighted by Gasteiger charge is 2.31. The van der Waals surface area contributed by atoms with Crippen LogP contribution in [0.1, 0.15) is 31.1 Å². The van der Waals surface area contributed by atoms with E-state index in [2.05, 4.69) is 4.98 Å². The van der Waals surface area contributed by atoms with Gasteiger partial charge in [0.05, 0.1) is 0 Å². The normalized spacial score (nSPS) is 11.2. The average molecular weight is 314 g/mol. The third-order valence-electron chi connectivity index (χ3n) is 3.10. The fraction of sp³-hybridized carbons (Fsp3) is 0.312. The number of benzene rings is 1. The van der Waals surface area contributed by atoms with Crippen LogP contribution in [0.25, 0.3) is 10.8 Å². The number of ether oxygens (including phenoxy) is 1. The van der Waals surface area contributed by atoms with Gasteiger partial charge in [-0.3, -0.25) is 9.61 Å². The maximum atomic E-state index is 12.4. The van der Waals surface area contributed by atoms with Crippen LogP contribution in [0.3, 0.4) is 0 Å². The van der Waals surface area contributed by atoms with Crippen molar-refractivity contribution in [2.45, 2.75) is 33.2 Å². The molecule has 120 valence electrons. The van der Waals surface area contributed by atoms with Crippen LogP contribution in [0, 0.1) is 0 Å². The average Bonchev–Trinajstić information content (AvgIpc) is 2.45. The number of carbonyl (C=O) groups excluding carboxylic acids is 2. The Bertz CT molecular complexity index is 740. The topological polar surface area (TPSA) is 79.7 Å². The first-order chi connectivity index (χ1) is 10.7. The molecule has 2 rings (SSSR count).